The first-order valence-corrected chi connectivity index (χ1v) is 11.5. The van der Waals surface area contributed by atoms with E-state index < -0.39 is 5.82 Å². The van der Waals surface area contributed by atoms with Gasteiger partial charge in [0.15, 0.2) is 11.0 Å². The molecule has 162 valence electrons. The van der Waals surface area contributed by atoms with E-state index in [-0.39, 0.29) is 22.4 Å². The van der Waals surface area contributed by atoms with Crippen LogP contribution in [0.2, 0.25) is 5.02 Å². The molecule has 3 aromatic carbocycles. The van der Waals surface area contributed by atoms with Gasteiger partial charge >= 0.3 is 0 Å². The second kappa shape index (κ2) is 9.72. The van der Waals surface area contributed by atoms with Crippen molar-refractivity contribution in [1.29, 1.82) is 0 Å². The molecule has 0 radical (unpaired) electrons. The molecule has 0 aliphatic heterocycles. The maximum absolute atomic E-state index is 13.3. The number of thioether (sulfide) groups is 1. The van der Waals surface area contributed by atoms with Gasteiger partial charge in [0.25, 0.3) is 0 Å². The lowest BCUT2D eigenvalue weighted by Crippen LogP contribution is -2.14. The second-order valence-electron chi connectivity index (χ2n) is 6.60. The van der Waals surface area contributed by atoms with Crippen LogP contribution in [0.1, 0.15) is 0 Å². The van der Waals surface area contributed by atoms with Crippen molar-refractivity contribution in [3.63, 3.8) is 0 Å². The van der Waals surface area contributed by atoms with Crippen LogP contribution >= 0.6 is 39.3 Å². The highest BCUT2D eigenvalue weighted by atomic mass is 79.9. The highest BCUT2D eigenvalue weighted by molar-refractivity contribution is 9.10. The molecule has 4 aromatic rings. The number of nitrogens with zero attached hydrogens (tertiary/aromatic N) is 3. The molecule has 0 atom stereocenters. The van der Waals surface area contributed by atoms with Gasteiger partial charge in [-0.3, -0.25) is 9.36 Å². The quantitative estimate of drug-likeness (QED) is 0.301. The average Bonchev–Trinajstić information content (AvgIpc) is 3.21. The third kappa shape index (κ3) is 4.95. The molecule has 0 aliphatic carbocycles. The van der Waals surface area contributed by atoms with Crippen LogP contribution in [0.4, 0.5) is 10.1 Å². The van der Waals surface area contributed by atoms with Crippen molar-refractivity contribution < 1.29 is 14.3 Å². The molecule has 32 heavy (non-hydrogen) atoms. The Morgan fingerprint density at radius 3 is 2.66 bits per heavy atom. The SMILES string of the molecule is O=C(CSc1nnc(-c2cc(Br)ccc2O)n1-c1ccccc1)Nc1ccc(F)c(Cl)c1. The van der Waals surface area contributed by atoms with Crippen molar-refractivity contribution in [1.82, 2.24) is 14.8 Å². The summed E-state index contributed by atoms with van der Waals surface area (Å²) in [5, 5.41) is 22.0. The number of phenols is 1. The molecule has 0 spiro atoms. The highest BCUT2D eigenvalue weighted by Crippen LogP contribution is 2.34. The van der Waals surface area contributed by atoms with Gasteiger partial charge in [-0.05, 0) is 48.5 Å². The molecule has 0 saturated heterocycles. The minimum absolute atomic E-state index is 0.0322. The molecule has 0 bridgehead atoms. The molecule has 1 heterocycles. The third-order valence-electron chi connectivity index (χ3n) is 4.38. The smallest absolute Gasteiger partial charge is 0.234 e. The number of aromatic hydroxyl groups is 1. The molecule has 0 saturated carbocycles. The van der Waals surface area contributed by atoms with Gasteiger partial charge in [-0.25, -0.2) is 4.39 Å². The van der Waals surface area contributed by atoms with Crippen LogP contribution in [-0.2, 0) is 4.79 Å². The summed E-state index contributed by atoms with van der Waals surface area (Å²) in [6.07, 6.45) is 0. The summed E-state index contributed by atoms with van der Waals surface area (Å²) in [4.78, 5) is 12.4. The van der Waals surface area contributed by atoms with E-state index in [0.717, 1.165) is 10.2 Å². The van der Waals surface area contributed by atoms with Gasteiger partial charge in [0, 0.05) is 15.8 Å². The Kier molecular flexibility index (Phi) is 6.78. The van der Waals surface area contributed by atoms with Crippen molar-refractivity contribution in [3.05, 3.63) is 82.0 Å². The van der Waals surface area contributed by atoms with E-state index in [1.165, 1.54) is 30.0 Å². The number of aromatic nitrogens is 3. The number of hydrogen-bond acceptors (Lipinski definition) is 5. The molecule has 1 amide bonds. The van der Waals surface area contributed by atoms with E-state index in [4.69, 9.17) is 11.6 Å². The number of amides is 1. The minimum Gasteiger partial charge on any atom is -0.507 e. The third-order valence-corrected chi connectivity index (χ3v) is 6.09. The Labute approximate surface area is 200 Å². The maximum Gasteiger partial charge on any atom is 0.234 e. The fourth-order valence-corrected chi connectivity index (χ4v) is 4.23. The van der Waals surface area contributed by atoms with Crippen LogP contribution in [0, 0.1) is 5.82 Å². The van der Waals surface area contributed by atoms with Gasteiger partial charge in [0.2, 0.25) is 5.91 Å². The lowest BCUT2D eigenvalue weighted by atomic mass is 10.2. The van der Waals surface area contributed by atoms with Crippen LogP contribution in [-0.4, -0.2) is 31.5 Å². The highest BCUT2D eigenvalue weighted by Gasteiger charge is 2.20. The molecule has 2 N–H and O–H groups in total. The number of carbonyl (C=O) groups is 1. The number of rotatable bonds is 6. The molecule has 0 unspecified atom stereocenters. The van der Waals surface area contributed by atoms with Gasteiger partial charge in [0.05, 0.1) is 16.3 Å². The number of nitrogens with one attached hydrogen (secondary N) is 1. The molecule has 1 aromatic heterocycles. The molecular formula is C22H15BrClFN4O2S. The fourth-order valence-electron chi connectivity index (χ4n) is 2.94. The van der Waals surface area contributed by atoms with Crippen molar-refractivity contribution >= 4 is 50.9 Å². The lowest BCUT2D eigenvalue weighted by molar-refractivity contribution is -0.113. The van der Waals surface area contributed by atoms with Crippen LogP contribution < -0.4 is 5.32 Å². The largest absolute Gasteiger partial charge is 0.507 e. The average molecular weight is 534 g/mol. The number of carbonyl (C=O) groups excluding carboxylic acids is 1. The monoisotopic (exact) mass is 532 g/mol. The first-order chi connectivity index (χ1) is 15.4. The standard InChI is InChI=1S/C22H15BrClFN4O2S/c23-13-6-9-19(30)16(10-13)21-27-28-22(29(21)15-4-2-1-3-5-15)32-12-20(31)26-14-7-8-18(25)17(24)11-14/h1-11,30H,12H2,(H,26,31). The van der Waals surface area contributed by atoms with Gasteiger partial charge in [-0.2, -0.15) is 0 Å². The van der Waals surface area contributed by atoms with Crippen molar-refractivity contribution in [2.45, 2.75) is 5.16 Å². The summed E-state index contributed by atoms with van der Waals surface area (Å²) in [7, 11) is 0. The van der Waals surface area contributed by atoms with Crippen molar-refractivity contribution in [2.24, 2.45) is 0 Å². The Morgan fingerprint density at radius 2 is 1.91 bits per heavy atom. The first kappa shape index (κ1) is 22.3. The normalized spacial score (nSPS) is 10.8. The summed E-state index contributed by atoms with van der Waals surface area (Å²) in [6, 6.07) is 18.4. The number of phenolic OH excluding ortho intramolecular Hbond substituents is 1. The number of para-hydroxylation sites is 1. The minimum atomic E-state index is -0.557. The number of halogens is 3. The van der Waals surface area contributed by atoms with E-state index in [2.05, 4.69) is 31.4 Å². The predicted octanol–water partition coefficient (Wildman–Crippen LogP) is 5.93. The van der Waals surface area contributed by atoms with Gasteiger partial charge in [0.1, 0.15) is 11.6 Å². The zero-order valence-corrected chi connectivity index (χ0v) is 19.5. The van der Waals surface area contributed by atoms with Gasteiger partial charge in [-0.15, -0.1) is 10.2 Å². The topological polar surface area (TPSA) is 80.0 Å². The zero-order chi connectivity index (χ0) is 22.7. The van der Waals surface area contributed by atoms with Crippen LogP contribution in [0.15, 0.2) is 76.4 Å². The first-order valence-electron chi connectivity index (χ1n) is 9.30. The molecule has 10 heteroatoms. The van der Waals surface area contributed by atoms with E-state index in [1.807, 2.05) is 30.3 Å². The fraction of sp³-hybridized carbons (Fsp3) is 0.0455. The number of hydrogen-bond donors (Lipinski definition) is 2. The Bertz CT molecular complexity index is 1290. The molecule has 4 rings (SSSR count). The van der Waals surface area contributed by atoms with E-state index in [0.29, 0.717) is 22.2 Å². The molecule has 0 aliphatic rings. The summed E-state index contributed by atoms with van der Waals surface area (Å²) in [5.41, 5.74) is 1.67. The van der Waals surface area contributed by atoms with Crippen molar-refractivity contribution in [3.8, 4) is 22.8 Å². The van der Waals surface area contributed by atoms with Crippen LogP contribution in [0.3, 0.4) is 0 Å². The summed E-state index contributed by atoms with van der Waals surface area (Å²) < 4.78 is 15.9. The van der Waals surface area contributed by atoms with Crippen molar-refractivity contribution in [2.75, 3.05) is 11.1 Å². The second-order valence-corrected chi connectivity index (χ2v) is 8.87. The van der Waals surface area contributed by atoms with E-state index in [1.54, 1.807) is 22.8 Å². The predicted molar refractivity (Wildman–Crippen MR) is 127 cm³/mol. The van der Waals surface area contributed by atoms with E-state index in [9.17, 15) is 14.3 Å². The Hall–Kier alpha value is -2.88. The maximum atomic E-state index is 13.3. The summed E-state index contributed by atoms with van der Waals surface area (Å²) in [6.45, 7) is 0. The summed E-state index contributed by atoms with van der Waals surface area (Å²) >= 11 is 10.4. The molecule has 0 fully saturated rings. The number of benzene rings is 3. The number of anilines is 1. The molecule has 6 nitrogen and oxygen atoms in total. The Balaban J connectivity index is 1.61. The van der Waals surface area contributed by atoms with E-state index >= 15 is 0 Å². The zero-order valence-electron chi connectivity index (χ0n) is 16.3. The summed E-state index contributed by atoms with van der Waals surface area (Å²) in [5.74, 6) is -0.348. The van der Waals surface area contributed by atoms with Gasteiger partial charge in [-0.1, -0.05) is 57.5 Å². The lowest BCUT2D eigenvalue weighted by Gasteiger charge is -2.11. The van der Waals surface area contributed by atoms with Crippen LogP contribution in [0.25, 0.3) is 17.1 Å². The van der Waals surface area contributed by atoms with Crippen LogP contribution in [0.5, 0.6) is 5.75 Å². The molecular weight excluding hydrogens is 519 g/mol. The Morgan fingerprint density at radius 1 is 1.12 bits per heavy atom. The van der Waals surface area contributed by atoms with Gasteiger partial charge < -0.3 is 10.4 Å².